The lowest BCUT2D eigenvalue weighted by Gasteiger charge is -2.22. The molecule has 1 saturated carbocycles. The van der Waals surface area contributed by atoms with E-state index in [9.17, 15) is 9.59 Å². The topological polar surface area (TPSA) is 37.4 Å². The van der Waals surface area contributed by atoms with Crippen LogP contribution in [0.15, 0.2) is 90.5 Å². The molecule has 1 aliphatic heterocycles. The van der Waals surface area contributed by atoms with Crippen LogP contribution in [0.4, 0.5) is 5.69 Å². The molecule has 34 heavy (non-hydrogen) atoms. The summed E-state index contributed by atoms with van der Waals surface area (Å²) in [5.41, 5.74) is 7.75. The number of halogens is 1. The van der Waals surface area contributed by atoms with Gasteiger partial charge in [0.1, 0.15) is 0 Å². The molecule has 0 unspecified atom stereocenters. The summed E-state index contributed by atoms with van der Waals surface area (Å²) in [4.78, 5) is 28.8. The minimum Gasteiger partial charge on any atom is -0.274 e. The Morgan fingerprint density at radius 3 is 1.71 bits per heavy atom. The number of imide groups is 1. The average molecular weight is 557 g/mol. The van der Waals surface area contributed by atoms with Crippen molar-refractivity contribution in [3.8, 4) is 0 Å². The van der Waals surface area contributed by atoms with Gasteiger partial charge in [0, 0.05) is 15.4 Å². The second-order valence-electron chi connectivity index (χ2n) is 9.54. The third-order valence-corrected chi connectivity index (χ3v) is 8.12. The molecule has 3 nitrogen and oxygen atoms in total. The lowest BCUT2D eigenvalue weighted by atomic mass is 9.85. The third-order valence-electron chi connectivity index (χ3n) is 7.45. The lowest BCUT2D eigenvalue weighted by molar-refractivity contribution is -0.122. The summed E-state index contributed by atoms with van der Waals surface area (Å²) in [7, 11) is 0. The molecule has 2 amide bonds. The van der Waals surface area contributed by atoms with Gasteiger partial charge in [0.25, 0.3) is 0 Å². The molecule has 2 fully saturated rings. The molecule has 2 aliphatic carbocycles. The summed E-state index contributed by atoms with van der Waals surface area (Å²) in [6.45, 7) is 4.18. The van der Waals surface area contributed by atoms with Crippen molar-refractivity contribution in [3.05, 3.63) is 116 Å². The summed E-state index contributed by atoms with van der Waals surface area (Å²) in [5, 5.41) is 0. The summed E-state index contributed by atoms with van der Waals surface area (Å²) in [6.07, 6.45) is 4.32. The zero-order valence-corrected chi connectivity index (χ0v) is 21.2. The second kappa shape index (κ2) is 8.05. The number of amides is 2. The van der Waals surface area contributed by atoms with Gasteiger partial charge in [-0.05, 0) is 76.9 Å². The molecule has 4 atom stereocenters. The molecule has 3 aliphatic rings. The average Bonchev–Trinajstić information content (AvgIpc) is 3.46. The molecule has 3 aromatic rings. The Labute approximate surface area is 213 Å². The number of allylic oxidation sites excluding steroid dienone is 3. The van der Waals surface area contributed by atoms with Crippen molar-refractivity contribution in [2.45, 2.75) is 13.8 Å². The van der Waals surface area contributed by atoms with E-state index in [0.717, 1.165) is 20.3 Å². The molecule has 4 heteroatoms. The number of carbonyl (C=O) groups excluding carboxylic acids is 2. The molecular formula is C30H24INO2. The number of anilines is 1. The fraction of sp³-hybridized carbons (Fsp3) is 0.200. The van der Waals surface area contributed by atoms with E-state index in [4.69, 9.17) is 0 Å². The zero-order chi connectivity index (χ0) is 23.6. The molecule has 2 bridgehead atoms. The highest BCUT2D eigenvalue weighted by molar-refractivity contribution is 14.1. The van der Waals surface area contributed by atoms with Crippen LogP contribution < -0.4 is 4.90 Å². The minimum absolute atomic E-state index is 0.0585. The predicted octanol–water partition coefficient (Wildman–Crippen LogP) is 6.33. The number of hydrogen-bond acceptors (Lipinski definition) is 2. The van der Waals surface area contributed by atoms with Gasteiger partial charge >= 0.3 is 0 Å². The number of benzene rings is 3. The fourth-order valence-corrected chi connectivity index (χ4v) is 6.43. The number of hydrogen-bond donors (Lipinski definition) is 0. The largest absolute Gasteiger partial charge is 0.274 e. The maximum atomic E-state index is 13.7. The van der Waals surface area contributed by atoms with Gasteiger partial charge in [0.05, 0.1) is 17.5 Å². The van der Waals surface area contributed by atoms with Crippen LogP contribution in [0.3, 0.4) is 0 Å². The van der Waals surface area contributed by atoms with Crippen molar-refractivity contribution in [1.82, 2.24) is 0 Å². The van der Waals surface area contributed by atoms with Gasteiger partial charge in [0.15, 0.2) is 0 Å². The Balaban J connectivity index is 1.49. The molecule has 0 aromatic heterocycles. The standard InChI is InChI=1S/C30H24INO2/c1-17-6-10-19(11-7-17)25(20-12-8-18(2)9-13-20)26-23-14-15-24(26)28-27(23)29(33)32(30(28)34)22-5-3-4-21(31)16-22/h3-16,23-24,27-28H,1-2H3/t23-,24-,27+,28+/m1/s1. The molecule has 1 heterocycles. The molecular weight excluding hydrogens is 533 g/mol. The number of nitrogens with zero attached hydrogens (tertiary/aromatic N) is 1. The number of rotatable bonds is 3. The Hall–Kier alpha value is -2.99. The molecule has 0 spiro atoms. The van der Waals surface area contributed by atoms with E-state index in [-0.39, 0.29) is 35.5 Å². The minimum atomic E-state index is -0.332. The van der Waals surface area contributed by atoms with Gasteiger partial charge in [-0.25, -0.2) is 4.90 Å². The van der Waals surface area contributed by atoms with Crippen LogP contribution >= 0.6 is 22.6 Å². The lowest BCUT2D eigenvalue weighted by Crippen LogP contribution is -2.33. The highest BCUT2D eigenvalue weighted by atomic mass is 127. The summed E-state index contributed by atoms with van der Waals surface area (Å²) >= 11 is 2.22. The molecule has 168 valence electrons. The molecule has 1 saturated heterocycles. The Bertz CT molecular complexity index is 1300. The van der Waals surface area contributed by atoms with E-state index in [1.165, 1.54) is 21.6 Å². The van der Waals surface area contributed by atoms with Gasteiger partial charge in [-0.2, -0.15) is 0 Å². The van der Waals surface area contributed by atoms with Crippen LogP contribution in [0.5, 0.6) is 0 Å². The first-order valence-corrected chi connectivity index (χ1v) is 12.7. The SMILES string of the molecule is Cc1ccc(C(=C2[C@H]3C=C[C@H]2[C@@H]2C(=O)N(c4cccc(I)c4)C(=O)[C@H]23)c2ccc(C)cc2)cc1. The van der Waals surface area contributed by atoms with Crippen molar-refractivity contribution in [3.63, 3.8) is 0 Å². The summed E-state index contributed by atoms with van der Waals surface area (Å²) < 4.78 is 1.01. The maximum absolute atomic E-state index is 13.7. The van der Waals surface area contributed by atoms with E-state index in [1.807, 2.05) is 24.3 Å². The molecule has 0 radical (unpaired) electrons. The van der Waals surface area contributed by atoms with Crippen LogP contribution in [0, 0.1) is 41.1 Å². The van der Waals surface area contributed by atoms with Crippen LogP contribution in [0.25, 0.3) is 5.57 Å². The first-order chi connectivity index (χ1) is 16.4. The predicted molar refractivity (Wildman–Crippen MR) is 143 cm³/mol. The van der Waals surface area contributed by atoms with Crippen molar-refractivity contribution in [1.29, 1.82) is 0 Å². The zero-order valence-electron chi connectivity index (χ0n) is 19.0. The summed E-state index contributed by atoms with van der Waals surface area (Å²) in [5.74, 6) is -0.923. The van der Waals surface area contributed by atoms with Gasteiger partial charge in [-0.15, -0.1) is 0 Å². The van der Waals surface area contributed by atoms with Gasteiger partial charge < -0.3 is 0 Å². The Morgan fingerprint density at radius 1 is 0.735 bits per heavy atom. The second-order valence-corrected chi connectivity index (χ2v) is 10.8. The Morgan fingerprint density at radius 2 is 1.24 bits per heavy atom. The van der Waals surface area contributed by atoms with E-state index in [1.54, 1.807) is 0 Å². The van der Waals surface area contributed by atoms with Gasteiger partial charge in [-0.1, -0.05) is 77.9 Å². The van der Waals surface area contributed by atoms with Crippen LogP contribution in [0.2, 0.25) is 0 Å². The fourth-order valence-electron chi connectivity index (χ4n) is 5.91. The first-order valence-electron chi connectivity index (χ1n) is 11.6. The van der Waals surface area contributed by atoms with Crippen LogP contribution in [-0.4, -0.2) is 11.8 Å². The van der Waals surface area contributed by atoms with Crippen molar-refractivity contribution in [2.75, 3.05) is 4.90 Å². The van der Waals surface area contributed by atoms with Crippen LogP contribution in [-0.2, 0) is 9.59 Å². The normalized spacial score (nSPS) is 24.8. The van der Waals surface area contributed by atoms with Crippen molar-refractivity contribution < 1.29 is 9.59 Å². The van der Waals surface area contributed by atoms with E-state index >= 15 is 0 Å². The maximum Gasteiger partial charge on any atom is 0.238 e. The number of aryl methyl sites for hydroxylation is 2. The van der Waals surface area contributed by atoms with Gasteiger partial charge in [-0.3, -0.25) is 9.59 Å². The Kier molecular flexibility index (Phi) is 5.10. The van der Waals surface area contributed by atoms with Crippen LogP contribution in [0.1, 0.15) is 22.3 Å². The first kappa shape index (κ1) is 21.5. The quantitative estimate of drug-likeness (QED) is 0.215. The smallest absolute Gasteiger partial charge is 0.238 e. The van der Waals surface area contributed by atoms with E-state index in [0.29, 0.717) is 5.69 Å². The van der Waals surface area contributed by atoms with Gasteiger partial charge in [0.2, 0.25) is 11.8 Å². The number of fused-ring (bicyclic) bond motifs is 5. The highest BCUT2D eigenvalue weighted by Gasteiger charge is 2.62. The van der Waals surface area contributed by atoms with Crippen molar-refractivity contribution >= 4 is 45.7 Å². The third kappa shape index (κ3) is 3.22. The van der Waals surface area contributed by atoms with Crippen molar-refractivity contribution in [2.24, 2.45) is 23.7 Å². The van der Waals surface area contributed by atoms with E-state index < -0.39 is 0 Å². The molecule has 0 N–H and O–H groups in total. The van der Waals surface area contributed by atoms with E-state index in [2.05, 4.69) is 97.1 Å². The molecule has 6 rings (SSSR count). The molecule has 3 aromatic carbocycles. The summed E-state index contributed by atoms with van der Waals surface area (Å²) in [6, 6.07) is 24.8. The highest BCUT2D eigenvalue weighted by Crippen LogP contribution is 2.58. The monoisotopic (exact) mass is 557 g/mol. The number of carbonyl (C=O) groups is 2.